The molecule has 7 nitrogen and oxygen atoms in total. The molecule has 3 aliphatic rings. The Balaban J connectivity index is 1.70. The fourth-order valence-electron chi connectivity index (χ4n) is 6.81. The molecule has 3 fully saturated rings. The van der Waals surface area contributed by atoms with Gasteiger partial charge in [0.05, 0.1) is 23.2 Å². The van der Waals surface area contributed by atoms with E-state index in [1.54, 1.807) is 33.7 Å². The molecule has 0 saturated carbocycles. The molecule has 2 bridgehead atoms. The summed E-state index contributed by atoms with van der Waals surface area (Å²) in [7, 11) is 0. The third-order valence-electron chi connectivity index (χ3n) is 8.45. The Labute approximate surface area is 236 Å². The van der Waals surface area contributed by atoms with Crippen molar-refractivity contribution < 1.29 is 24.2 Å². The number of allylic oxidation sites excluding steroid dienone is 1. The molecule has 39 heavy (non-hydrogen) atoms. The van der Waals surface area contributed by atoms with Gasteiger partial charge in [0, 0.05) is 30.6 Å². The van der Waals surface area contributed by atoms with Crippen LogP contribution in [0.4, 0.5) is 5.69 Å². The molecule has 0 aliphatic carbocycles. The molecule has 1 aromatic carbocycles. The highest BCUT2D eigenvalue weighted by molar-refractivity contribution is 8.02. The van der Waals surface area contributed by atoms with Gasteiger partial charge in [-0.3, -0.25) is 14.4 Å². The van der Waals surface area contributed by atoms with Gasteiger partial charge in [0.1, 0.15) is 6.04 Å². The number of carbonyl (C=O) groups is 3. The van der Waals surface area contributed by atoms with Crippen LogP contribution in [-0.2, 0) is 19.1 Å². The van der Waals surface area contributed by atoms with Gasteiger partial charge < -0.3 is 19.6 Å². The predicted molar refractivity (Wildman–Crippen MR) is 156 cm³/mol. The second kappa shape index (κ2) is 12.7. The molecular formula is C31H42N2O5S. The summed E-state index contributed by atoms with van der Waals surface area (Å²) in [4.78, 5) is 45.7. The van der Waals surface area contributed by atoms with Gasteiger partial charge in [0.2, 0.25) is 5.91 Å². The van der Waals surface area contributed by atoms with E-state index in [0.29, 0.717) is 39.0 Å². The number of aliphatic hydroxyl groups is 1. The lowest BCUT2D eigenvalue weighted by Crippen LogP contribution is -2.55. The highest BCUT2D eigenvalue weighted by Crippen LogP contribution is 2.66. The van der Waals surface area contributed by atoms with Crippen molar-refractivity contribution in [3.05, 3.63) is 54.6 Å². The summed E-state index contributed by atoms with van der Waals surface area (Å²) < 4.78 is 5.00. The molecule has 1 spiro atoms. The average molecular weight is 555 g/mol. The molecule has 4 rings (SSSR count). The van der Waals surface area contributed by atoms with Crippen molar-refractivity contribution in [1.29, 1.82) is 0 Å². The van der Waals surface area contributed by atoms with Crippen LogP contribution < -0.4 is 4.90 Å². The largest absolute Gasteiger partial charge is 0.465 e. The smallest absolute Gasteiger partial charge is 0.310 e. The van der Waals surface area contributed by atoms with Crippen molar-refractivity contribution in [1.82, 2.24) is 4.90 Å². The highest BCUT2D eigenvalue weighted by Gasteiger charge is 2.74. The number of fused-ring (bicyclic) bond motifs is 1. The number of likely N-dealkylation sites (tertiary alicyclic amines) is 1. The summed E-state index contributed by atoms with van der Waals surface area (Å²) in [5.74, 6) is -1.64. The normalized spacial score (nSPS) is 26.9. The van der Waals surface area contributed by atoms with E-state index < -0.39 is 22.6 Å². The highest BCUT2D eigenvalue weighted by atomic mass is 32.2. The molecule has 3 heterocycles. The third kappa shape index (κ3) is 5.42. The molecule has 2 amide bonds. The molecule has 0 aromatic heterocycles. The maximum absolute atomic E-state index is 14.6. The number of esters is 1. The predicted octanol–water partition coefficient (Wildman–Crippen LogP) is 4.59. The van der Waals surface area contributed by atoms with Gasteiger partial charge in [0.15, 0.2) is 0 Å². The number of thioether (sulfide) groups is 1. The van der Waals surface area contributed by atoms with Crippen LogP contribution in [0.15, 0.2) is 43.5 Å². The van der Waals surface area contributed by atoms with Gasteiger partial charge in [-0.05, 0) is 69.9 Å². The van der Waals surface area contributed by atoms with Gasteiger partial charge in [0.25, 0.3) is 5.91 Å². The maximum atomic E-state index is 14.6. The molecule has 3 aliphatic heterocycles. The van der Waals surface area contributed by atoms with Gasteiger partial charge in [-0.15, -0.1) is 24.9 Å². The summed E-state index contributed by atoms with van der Waals surface area (Å²) in [6.07, 6.45) is 8.59. The molecule has 0 radical (unpaired) electrons. The van der Waals surface area contributed by atoms with E-state index in [-0.39, 0.29) is 29.6 Å². The second-order valence-corrected chi connectivity index (χ2v) is 12.5. The summed E-state index contributed by atoms with van der Waals surface area (Å²) in [5.41, 5.74) is 2.83. The van der Waals surface area contributed by atoms with Gasteiger partial charge in [-0.25, -0.2) is 0 Å². The van der Waals surface area contributed by atoms with Crippen molar-refractivity contribution in [2.24, 2.45) is 11.8 Å². The number of anilines is 1. The Hall–Kier alpha value is -2.58. The molecular weight excluding hydrogens is 512 g/mol. The van der Waals surface area contributed by atoms with E-state index in [1.165, 1.54) is 0 Å². The molecule has 1 aromatic rings. The fraction of sp³-hybridized carbons (Fsp3) is 0.581. The number of ether oxygens (including phenoxy) is 1. The number of rotatable bonds is 14. The lowest BCUT2D eigenvalue weighted by Gasteiger charge is -2.38. The van der Waals surface area contributed by atoms with Crippen LogP contribution in [0.1, 0.15) is 56.1 Å². The van der Waals surface area contributed by atoms with E-state index in [2.05, 4.69) is 13.2 Å². The van der Waals surface area contributed by atoms with Crippen molar-refractivity contribution in [2.75, 3.05) is 31.2 Å². The maximum Gasteiger partial charge on any atom is 0.310 e. The monoisotopic (exact) mass is 554 g/mol. The molecule has 3 saturated heterocycles. The van der Waals surface area contributed by atoms with Crippen LogP contribution in [0.3, 0.4) is 0 Å². The average Bonchev–Trinajstić information content (AvgIpc) is 3.55. The van der Waals surface area contributed by atoms with Crippen molar-refractivity contribution >= 4 is 35.2 Å². The number of aliphatic hydroxyl groups excluding tert-OH is 1. The SMILES string of the molecule is C=CCCCOC(=O)[C@@H]1[C@@H]2CCC3(S2)C(C(=O)N(CC=C)c2c(C)cccc2C)N(CCCCCO)C(=O)[C@H]13. The lowest BCUT2D eigenvalue weighted by atomic mass is 9.71. The Morgan fingerprint density at radius 1 is 1.18 bits per heavy atom. The number of hydrogen-bond donors (Lipinski definition) is 1. The van der Waals surface area contributed by atoms with E-state index in [0.717, 1.165) is 42.5 Å². The standard InChI is InChI=1S/C31H42N2O5S/c1-5-7-11-20-38-30(37)24-23-15-16-31(39-23)25(24)28(35)33(18-9-8-10-19-34)27(31)29(36)32(17-6-2)26-21(3)13-12-14-22(26)4/h5-6,12-14,23-25,27,34H,1-2,7-11,15-20H2,3-4H3/t23-,24+,25-,27?,31?/m0/s1. The van der Waals surface area contributed by atoms with E-state index >= 15 is 0 Å². The van der Waals surface area contributed by atoms with E-state index in [1.807, 2.05) is 32.0 Å². The number of para-hydroxylation sites is 1. The van der Waals surface area contributed by atoms with Crippen LogP contribution in [0.25, 0.3) is 0 Å². The minimum atomic E-state index is -0.670. The summed E-state index contributed by atoms with van der Waals surface area (Å²) >= 11 is 1.66. The minimum Gasteiger partial charge on any atom is -0.465 e. The molecule has 8 heteroatoms. The zero-order valence-corrected chi connectivity index (χ0v) is 24.1. The zero-order chi connectivity index (χ0) is 28.2. The van der Waals surface area contributed by atoms with Crippen LogP contribution in [0.2, 0.25) is 0 Å². The number of amides is 2. The number of hydrogen-bond acceptors (Lipinski definition) is 6. The van der Waals surface area contributed by atoms with Crippen molar-refractivity contribution in [3.63, 3.8) is 0 Å². The Morgan fingerprint density at radius 3 is 2.59 bits per heavy atom. The number of aryl methyl sites for hydroxylation is 2. The Kier molecular flexibility index (Phi) is 9.60. The topological polar surface area (TPSA) is 87.2 Å². The first-order valence-corrected chi connectivity index (χ1v) is 15.1. The van der Waals surface area contributed by atoms with Crippen molar-refractivity contribution in [3.8, 4) is 0 Å². The van der Waals surface area contributed by atoms with Crippen LogP contribution in [0.5, 0.6) is 0 Å². The van der Waals surface area contributed by atoms with Gasteiger partial charge in [-0.2, -0.15) is 0 Å². The zero-order valence-electron chi connectivity index (χ0n) is 23.3. The van der Waals surface area contributed by atoms with E-state index in [4.69, 9.17) is 4.74 Å². The first-order chi connectivity index (χ1) is 18.8. The second-order valence-electron chi connectivity index (χ2n) is 10.9. The summed E-state index contributed by atoms with van der Waals surface area (Å²) in [6.45, 7) is 12.8. The van der Waals surface area contributed by atoms with Crippen LogP contribution in [0, 0.1) is 25.7 Å². The number of carbonyl (C=O) groups excluding carboxylic acids is 3. The molecule has 5 atom stereocenters. The van der Waals surface area contributed by atoms with Crippen LogP contribution in [-0.4, -0.2) is 70.1 Å². The van der Waals surface area contributed by atoms with E-state index in [9.17, 15) is 19.5 Å². The summed E-state index contributed by atoms with van der Waals surface area (Å²) in [5, 5.41) is 9.24. The first kappa shape index (κ1) is 29.4. The Morgan fingerprint density at radius 2 is 1.92 bits per heavy atom. The number of benzene rings is 1. The van der Waals surface area contributed by atoms with Gasteiger partial charge in [-0.1, -0.05) is 30.4 Å². The third-order valence-corrected chi connectivity index (χ3v) is 10.4. The number of unbranched alkanes of at least 4 members (excludes halogenated alkanes) is 3. The molecule has 2 unspecified atom stereocenters. The Bertz CT molecular complexity index is 1090. The minimum absolute atomic E-state index is 0.0225. The lowest BCUT2D eigenvalue weighted by molar-refractivity contribution is -0.154. The van der Waals surface area contributed by atoms with Gasteiger partial charge >= 0.3 is 5.97 Å². The molecule has 1 N–H and O–H groups in total. The van der Waals surface area contributed by atoms with Crippen LogP contribution >= 0.6 is 11.8 Å². The summed E-state index contributed by atoms with van der Waals surface area (Å²) in [6, 6.07) is 5.30. The fourth-order valence-corrected chi connectivity index (χ4v) is 9.01. The first-order valence-electron chi connectivity index (χ1n) is 14.2. The number of nitrogens with zero attached hydrogens (tertiary/aromatic N) is 2. The quantitative estimate of drug-likeness (QED) is 0.206. The molecule has 212 valence electrons. The van der Waals surface area contributed by atoms with Crippen molar-refractivity contribution in [2.45, 2.75) is 74.8 Å².